The zero-order valence-corrected chi connectivity index (χ0v) is 19.6. The van der Waals surface area contributed by atoms with Crippen LogP contribution in [0.25, 0.3) is 16.9 Å². The highest BCUT2D eigenvalue weighted by molar-refractivity contribution is 5.76. The van der Waals surface area contributed by atoms with Crippen LogP contribution in [0.15, 0.2) is 36.8 Å². The molecule has 4 aromatic rings. The predicted molar refractivity (Wildman–Crippen MR) is 118 cm³/mol. The van der Waals surface area contributed by atoms with Crippen LogP contribution in [0.2, 0.25) is 0 Å². The van der Waals surface area contributed by atoms with E-state index in [9.17, 15) is 17.6 Å². The van der Waals surface area contributed by atoms with Gasteiger partial charge in [0.15, 0.2) is 11.8 Å². The summed E-state index contributed by atoms with van der Waals surface area (Å²) in [4.78, 5) is 16.4. The van der Waals surface area contributed by atoms with Crippen LogP contribution in [0.4, 0.5) is 32.0 Å². The second-order valence-electron chi connectivity index (χ2n) is 8.13. The SMILES string of the molecule is COc1ncc(-c2cc(N3CC(Oc4ccnc(C(F)(F)F)c4)C(F)(F)C3)c3ncc(F)n3n2)c(OC)n1. The Balaban J connectivity index is 1.52. The molecule has 4 aromatic heterocycles. The highest BCUT2D eigenvalue weighted by Gasteiger charge is 2.51. The lowest BCUT2D eigenvalue weighted by Gasteiger charge is -2.20. The Labute approximate surface area is 209 Å². The van der Waals surface area contributed by atoms with E-state index in [0.717, 1.165) is 23.0 Å². The number of alkyl halides is 5. The first-order chi connectivity index (χ1) is 18.0. The summed E-state index contributed by atoms with van der Waals surface area (Å²) in [5, 5.41) is 4.18. The maximum Gasteiger partial charge on any atom is 0.433 e. The number of hydrogen-bond donors (Lipinski definition) is 0. The van der Waals surface area contributed by atoms with Gasteiger partial charge in [-0.05, 0) is 12.1 Å². The first-order valence-corrected chi connectivity index (χ1v) is 10.8. The Morgan fingerprint density at radius 2 is 1.84 bits per heavy atom. The molecule has 0 saturated carbocycles. The van der Waals surface area contributed by atoms with Crippen LogP contribution in [0.1, 0.15) is 5.69 Å². The van der Waals surface area contributed by atoms with Crippen molar-refractivity contribution >= 4 is 11.3 Å². The van der Waals surface area contributed by atoms with Gasteiger partial charge in [-0.15, -0.1) is 0 Å². The zero-order chi connectivity index (χ0) is 27.2. The van der Waals surface area contributed by atoms with E-state index in [1.165, 1.54) is 31.4 Å². The molecule has 0 aromatic carbocycles. The molecule has 5 rings (SSSR count). The van der Waals surface area contributed by atoms with Crippen LogP contribution >= 0.6 is 0 Å². The van der Waals surface area contributed by atoms with Crippen LogP contribution in [0.3, 0.4) is 0 Å². The van der Waals surface area contributed by atoms with Crippen molar-refractivity contribution in [2.75, 3.05) is 32.2 Å². The third-order valence-electron chi connectivity index (χ3n) is 5.69. The Morgan fingerprint density at radius 1 is 1.05 bits per heavy atom. The lowest BCUT2D eigenvalue weighted by molar-refractivity contribution is -0.141. The number of pyridine rings is 1. The predicted octanol–water partition coefficient (Wildman–Crippen LogP) is 3.66. The molecular formula is C22H17F6N7O3. The molecule has 200 valence electrons. The van der Waals surface area contributed by atoms with E-state index >= 15 is 8.78 Å². The second-order valence-corrected chi connectivity index (χ2v) is 8.13. The fourth-order valence-electron chi connectivity index (χ4n) is 3.94. The van der Waals surface area contributed by atoms with E-state index in [1.54, 1.807) is 0 Å². The number of fused-ring (bicyclic) bond motifs is 1. The highest BCUT2D eigenvalue weighted by atomic mass is 19.4. The summed E-state index contributed by atoms with van der Waals surface area (Å²) in [5.74, 6) is -4.76. The fourth-order valence-corrected chi connectivity index (χ4v) is 3.94. The van der Waals surface area contributed by atoms with Gasteiger partial charge in [0.1, 0.15) is 17.1 Å². The summed E-state index contributed by atoms with van der Waals surface area (Å²) < 4.78 is 99.9. The van der Waals surface area contributed by atoms with E-state index in [2.05, 4.69) is 25.0 Å². The number of methoxy groups -OCH3 is 2. The number of nitrogens with zero attached hydrogens (tertiary/aromatic N) is 7. The van der Waals surface area contributed by atoms with Crippen LogP contribution in [-0.2, 0) is 6.18 Å². The van der Waals surface area contributed by atoms with E-state index in [-0.39, 0.29) is 34.5 Å². The number of halogens is 6. The van der Waals surface area contributed by atoms with Crippen molar-refractivity contribution in [2.45, 2.75) is 18.2 Å². The summed E-state index contributed by atoms with van der Waals surface area (Å²) in [6, 6.07) is 2.96. The fraction of sp³-hybridized carbons (Fsp3) is 0.318. The highest BCUT2D eigenvalue weighted by Crippen LogP contribution is 2.38. The van der Waals surface area contributed by atoms with Crippen LogP contribution in [0.5, 0.6) is 17.6 Å². The Bertz CT molecular complexity index is 1500. The average Bonchev–Trinajstić information content (AvgIpc) is 3.41. The summed E-state index contributed by atoms with van der Waals surface area (Å²) in [5.41, 5.74) is -1.01. The molecule has 5 heterocycles. The third-order valence-corrected chi connectivity index (χ3v) is 5.69. The van der Waals surface area contributed by atoms with Gasteiger partial charge in [-0.3, -0.25) is 4.98 Å². The molecule has 0 amide bonds. The molecular weight excluding hydrogens is 524 g/mol. The van der Waals surface area contributed by atoms with Gasteiger partial charge in [0.25, 0.3) is 0 Å². The van der Waals surface area contributed by atoms with Crippen molar-refractivity contribution in [3.05, 3.63) is 48.4 Å². The number of hydrogen-bond acceptors (Lipinski definition) is 9. The molecule has 0 aliphatic carbocycles. The molecule has 0 spiro atoms. The number of anilines is 1. The van der Waals surface area contributed by atoms with Gasteiger partial charge in [0, 0.05) is 18.5 Å². The lowest BCUT2D eigenvalue weighted by atomic mass is 10.2. The molecule has 0 bridgehead atoms. The Hall–Kier alpha value is -4.37. The molecule has 1 atom stereocenters. The number of rotatable bonds is 6. The normalized spacial score (nSPS) is 17.2. The smallest absolute Gasteiger partial charge is 0.433 e. The first-order valence-electron chi connectivity index (χ1n) is 10.8. The van der Waals surface area contributed by atoms with Gasteiger partial charge in [-0.1, -0.05) is 0 Å². The topological polar surface area (TPSA) is 99.8 Å². The van der Waals surface area contributed by atoms with E-state index < -0.39 is 48.7 Å². The molecule has 1 unspecified atom stereocenters. The summed E-state index contributed by atoms with van der Waals surface area (Å²) >= 11 is 0. The van der Waals surface area contributed by atoms with Gasteiger partial charge in [0.2, 0.25) is 11.8 Å². The first kappa shape index (κ1) is 25.3. The van der Waals surface area contributed by atoms with Gasteiger partial charge in [0.05, 0.1) is 44.8 Å². The van der Waals surface area contributed by atoms with E-state index in [4.69, 9.17) is 14.2 Å². The molecule has 0 radical (unpaired) electrons. The van der Waals surface area contributed by atoms with Crippen molar-refractivity contribution in [1.29, 1.82) is 0 Å². The quantitative estimate of drug-likeness (QED) is 0.339. The molecule has 16 heteroatoms. The van der Waals surface area contributed by atoms with Gasteiger partial charge in [-0.2, -0.15) is 32.2 Å². The van der Waals surface area contributed by atoms with Gasteiger partial charge >= 0.3 is 18.1 Å². The zero-order valence-electron chi connectivity index (χ0n) is 19.6. The van der Waals surface area contributed by atoms with Gasteiger partial charge < -0.3 is 19.1 Å². The Kier molecular flexibility index (Phi) is 6.11. The minimum Gasteiger partial charge on any atom is -0.482 e. The molecule has 1 saturated heterocycles. The molecule has 1 aliphatic heterocycles. The number of aromatic nitrogens is 6. The van der Waals surface area contributed by atoms with Crippen LogP contribution in [0, 0.1) is 5.95 Å². The average molecular weight is 541 g/mol. The van der Waals surface area contributed by atoms with E-state index in [1.807, 2.05) is 0 Å². The minimum atomic E-state index is -4.78. The number of imidazole rings is 1. The monoisotopic (exact) mass is 541 g/mol. The third kappa shape index (κ3) is 4.56. The summed E-state index contributed by atoms with van der Waals surface area (Å²) in [6.45, 7) is -1.35. The maximum atomic E-state index is 15.0. The van der Waals surface area contributed by atoms with Crippen molar-refractivity contribution < 1.29 is 40.6 Å². The standard InChI is InChI=1S/C22H17F6N7O3/c1-36-19-12(7-31-20(32-19)37-2)13-6-14(18-30-8-17(23)35(18)33-13)34-9-16(21(24,25)10-34)38-11-3-4-29-15(5-11)22(26,27)28/h3-8,16H,9-10H2,1-2H3. The molecule has 1 aliphatic rings. The molecule has 10 nitrogen and oxygen atoms in total. The maximum absolute atomic E-state index is 15.0. The summed E-state index contributed by atoms with van der Waals surface area (Å²) in [6.07, 6.45) is -3.61. The van der Waals surface area contributed by atoms with Gasteiger partial charge in [-0.25, -0.2) is 18.7 Å². The molecule has 38 heavy (non-hydrogen) atoms. The second kappa shape index (κ2) is 9.18. The summed E-state index contributed by atoms with van der Waals surface area (Å²) in [7, 11) is 2.68. The van der Waals surface area contributed by atoms with Crippen molar-refractivity contribution in [2.24, 2.45) is 0 Å². The van der Waals surface area contributed by atoms with Crippen LogP contribution in [-0.4, -0.2) is 68.9 Å². The minimum absolute atomic E-state index is 0.00955. The largest absolute Gasteiger partial charge is 0.482 e. The lowest BCUT2D eigenvalue weighted by Crippen LogP contribution is -2.36. The molecule has 0 N–H and O–H groups in total. The van der Waals surface area contributed by atoms with E-state index in [0.29, 0.717) is 6.07 Å². The van der Waals surface area contributed by atoms with Crippen molar-refractivity contribution in [1.82, 2.24) is 29.5 Å². The molecule has 1 fully saturated rings. The van der Waals surface area contributed by atoms with Crippen molar-refractivity contribution in [3.8, 4) is 28.9 Å². The Morgan fingerprint density at radius 3 is 2.55 bits per heavy atom. The number of ether oxygens (including phenoxy) is 3. The van der Waals surface area contributed by atoms with Crippen LogP contribution < -0.4 is 19.1 Å². The van der Waals surface area contributed by atoms with Crippen molar-refractivity contribution in [3.63, 3.8) is 0 Å².